The van der Waals surface area contributed by atoms with E-state index in [0.29, 0.717) is 9.13 Å². The van der Waals surface area contributed by atoms with Gasteiger partial charge in [-0.1, -0.05) is 6.92 Å². The summed E-state index contributed by atoms with van der Waals surface area (Å²) in [4.78, 5) is 78.4. The number of alkyl halides is 9. The van der Waals surface area contributed by atoms with Gasteiger partial charge >= 0.3 is 18.5 Å². The third-order valence-electron chi connectivity index (χ3n) is 12.1. The Morgan fingerprint density at radius 3 is 1.37 bits per heavy atom. The summed E-state index contributed by atoms with van der Waals surface area (Å²) in [5, 5.41) is 2.51. The van der Waals surface area contributed by atoms with Crippen LogP contribution < -0.4 is 25.3 Å². The minimum atomic E-state index is -5.00. The van der Waals surface area contributed by atoms with Gasteiger partial charge in [-0.3, -0.25) is 33.1 Å². The van der Waals surface area contributed by atoms with Crippen molar-refractivity contribution in [2.24, 2.45) is 11.7 Å². The summed E-state index contributed by atoms with van der Waals surface area (Å²) in [7, 11) is 3.96. The van der Waals surface area contributed by atoms with E-state index in [9.17, 15) is 53.9 Å². The van der Waals surface area contributed by atoms with Crippen LogP contribution in [0.2, 0.25) is 0 Å². The molecule has 0 aliphatic rings. The van der Waals surface area contributed by atoms with Crippen molar-refractivity contribution in [1.29, 1.82) is 0 Å². The fourth-order valence-corrected chi connectivity index (χ4v) is 8.32. The molecule has 404 valence electrons. The lowest BCUT2D eigenvalue weighted by molar-refractivity contribution is -0.146. The number of primary amides is 1. The number of imidazole rings is 3. The quantitative estimate of drug-likeness (QED) is 0.0873. The van der Waals surface area contributed by atoms with Gasteiger partial charge in [-0.05, 0) is 42.8 Å². The van der Waals surface area contributed by atoms with Gasteiger partial charge < -0.3 is 30.2 Å². The first-order valence-corrected chi connectivity index (χ1v) is 22.8. The van der Waals surface area contributed by atoms with Gasteiger partial charge in [-0.15, -0.1) is 0 Å². The molecule has 0 saturated carbocycles. The highest BCUT2D eigenvalue weighted by Gasteiger charge is 2.41. The second kappa shape index (κ2) is 20.6. The molecule has 0 aliphatic heterocycles. The Labute approximate surface area is 431 Å². The Bertz CT molecular complexity index is 3730. The molecule has 0 spiro atoms. The maximum Gasteiger partial charge on any atom is 0.450 e. The number of carbonyl (C=O) groups is 3. The predicted octanol–water partition coefficient (Wildman–Crippen LogP) is 7.88. The molecule has 9 rings (SSSR count). The monoisotopic (exact) mass is 1090 g/mol. The number of hydrogen-bond acceptors (Lipinski definition) is 15. The fraction of sp³-hybridized carbons (Fsp3) is 0.250. The second-order valence-corrected chi connectivity index (χ2v) is 17.1. The summed E-state index contributed by atoms with van der Waals surface area (Å²) in [6.45, 7) is 0.986. The topological polar surface area (TPSA) is 251 Å². The van der Waals surface area contributed by atoms with Crippen LogP contribution in [0.25, 0.3) is 50.6 Å². The van der Waals surface area contributed by atoms with E-state index in [2.05, 4.69) is 50.2 Å². The minimum absolute atomic E-state index is 0.0213. The number of carbonyl (C=O) groups excluding carboxylic acids is 3. The zero-order chi connectivity index (χ0) is 56.0. The number of halogens is 9. The Morgan fingerprint density at radius 1 is 0.590 bits per heavy atom. The number of ether oxygens (including phenoxy) is 3. The molecule has 0 fully saturated rings. The van der Waals surface area contributed by atoms with Crippen LogP contribution in [-0.4, -0.2) is 109 Å². The average molecular weight is 1090 g/mol. The number of nitrogens with one attached hydrogen (secondary N) is 1. The van der Waals surface area contributed by atoms with Crippen LogP contribution in [0.4, 0.5) is 45.3 Å². The number of rotatable bonds is 16. The van der Waals surface area contributed by atoms with E-state index in [1.807, 2.05) is 0 Å². The Balaban J connectivity index is 1.03. The molecule has 3 amide bonds. The number of anilines is 1. The molecule has 0 radical (unpaired) electrons. The summed E-state index contributed by atoms with van der Waals surface area (Å²) in [5.74, 6) is -8.53. The molecule has 9 aromatic rings. The Kier molecular flexibility index (Phi) is 14.0. The van der Waals surface area contributed by atoms with Crippen molar-refractivity contribution in [3.63, 3.8) is 0 Å². The lowest BCUT2D eigenvalue weighted by Gasteiger charge is -2.31. The van der Waals surface area contributed by atoms with Gasteiger partial charge in [0.05, 0.1) is 110 Å². The maximum atomic E-state index is 14.7. The van der Waals surface area contributed by atoms with Crippen molar-refractivity contribution in [1.82, 2.24) is 63.5 Å². The number of hydrogen-bond donors (Lipinski definition) is 2. The van der Waals surface area contributed by atoms with Crippen molar-refractivity contribution in [3.8, 4) is 34.7 Å². The number of nitrogens with zero attached hydrogens (tertiary/aromatic N) is 13. The normalized spacial score (nSPS) is 12.9. The zero-order valence-electron chi connectivity index (χ0n) is 40.7. The van der Waals surface area contributed by atoms with E-state index in [4.69, 9.17) is 19.9 Å². The van der Waals surface area contributed by atoms with E-state index >= 15 is 0 Å². The van der Waals surface area contributed by atoms with E-state index in [1.54, 1.807) is 0 Å². The van der Waals surface area contributed by atoms with Gasteiger partial charge in [0.15, 0.2) is 23.3 Å². The third kappa shape index (κ3) is 10.5. The van der Waals surface area contributed by atoms with Crippen LogP contribution in [0, 0.1) is 5.92 Å². The Morgan fingerprint density at radius 2 is 1.01 bits per heavy atom. The van der Waals surface area contributed by atoms with Crippen LogP contribution in [0.5, 0.6) is 17.2 Å². The molecule has 0 aliphatic carbocycles. The number of methoxy groups -OCH3 is 3. The second-order valence-electron chi connectivity index (χ2n) is 17.1. The van der Waals surface area contributed by atoms with Gasteiger partial charge in [-0.25, -0.2) is 39.9 Å². The summed E-state index contributed by atoms with van der Waals surface area (Å²) in [6, 6.07) is 10.6. The molecule has 3 aromatic carbocycles. The number of nitrogens with two attached hydrogens (primary N) is 1. The van der Waals surface area contributed by atoms with E-state index in [-0.39, 0.29) is 79.9 Å². The highest BCUT2D eigenvalue weighted by molar-refractivity contribution is 5.94. The molecule has 21 nitrogen and oxygen atoms in total. The molecule has 78 heavy (non-hydrogen) atoms. The van der Waals surface area contributed by atoms with E-state index in [0.717, 1.165) is 46.6 Å². The molecule has 6 aromatic heterocycles. The van der Waals surface area contributed by atoms with Gasteiger partial charge in [0, 0.05) is 30.7 Å². The standard InChI is InChI=1S/C48H38F9N15O6/c1-23(41(74)68-37-19-64-40(22-61-37)72-34-10-7-26(78-4)15-29(34)67-45(72)48(55,56)57)11-12-69(42(75)31-18-63-39(21-60-31)71-33-9-6-25(77-3)14-28(33)66-44(71)47(52,53)54)35(16-36(58)73)30-17-62-38(20-59-30)70-32-8-5-24(76-2)13-27(32)65-43(70)46(49,50)51/h5-10,13-15,17-23,35H,11-12,16H2,1-4H3,(H2,58,73)(H,61,68,74). The number of fused-ring (bicyclic) bond motifs is 3. The van der Waals surface area contributed by atoms with Crippen molar-refractivity contribution < 1.29 is 68.1 Å². The largest absolute Gasteiger partial charge is 0.497 e. The SMILES string of the molecule is COc1ccc2c(c1)nc(C(F)(F)F)n2-c1cnc(NC(=O)C(C)CCN(C(=O)c2cnc(-n3c(C(F)(F)F)nc4cc(OC)ccc43)cn2)C(CC(N)=O)c2cnc(-n3c(C(F)(F)F)nc4cc(OC)ccc43)cn2)cn1. The van der Waals surface area contributed by atoms with E-state index < -0.39 is 90.2 Å². The Hall–Kier alpha value is -9.51. The molecule has 2 unspecified atom stereocenters. The van der Waals surface area contributed by atoms with Crippen LogP contribution in [0.15, 0.2) is 91.8 Å². The van der Waals surface area contributed by atoms with Gasteiger partial charge in [0.25, 0.3) is 5.91 Å². The molecule has 0 saturated heterocycles. The number of amides is 3. The van der Waals surface area contributed by atoms with Crippen molar-refractivity contribution in [2.75, 3.05) is 33.2 Å². The first-order valence-electron chi connectivity index (χ1n) is 22.8. The molecule has 2 atom stereocenters. The number of benzene rings is 3. The van der Waals surface area contributed by atoms with Crippen LogP contribution in [0.1, 0.15) is 59.5 Å². The van der Waals surface area contributed by atoms with Crippen LogP contribution in [0.3, 0.4) is 0 Å². The van der Waals surface area contributed by atoms with Crippen LogP contribution >= 0.6 is 0 Å². The van der Waals surface area contributed by atoms with Gasteiger partial charge in [-0.2, -0.15) is 39.5 Å². The lowest BCUT2D eigenvalue weighted by atomic mass is 10.0. The summed E-state index contributed by atoms with van der Waals surface area (Å²) in [5.41, 5.74) is 4.66. The predicted molar refractivity (Wildman–Crippen MR) is 255 cm³/mol. The maximum absolute atomic E-state index is 14.7. The number of aromatic nitrogens is 12. The summed E-state index contributed by atoms with van der Waals surface area (Å²) >= 11 is 0. The first-order chi connectivity index (χ1) is 37.0. The molecule has 30 heteroatoms. The highest BCUT2D eigenvalue weighted by Crippen LogP contribution is 2.38. The molecular weight excluding hydrogens is 1050 g/mol. The van der Waals surface area contributed by atoms with Crippen molar-refractivity contribution in [2.45, 2.75) is 44.3 Å². The minimum Gasteiger partial charge on any atom is -0.497 e. The van der Waals surface area contributed by atoms with Gasteiger partial charge in [0.2, 0.25) is 29.3 Å². The smallest absolute Gasteiger partial charge is 0.450 e. The molecule has 6 heterocycles. The lowest BCUT2D eigenvalue weighted by Crippen LogP contribution is -2.40. The van der Waals surface area contributed by atoms with Crippen LogP contribution in [-0.2, 0) is 28.1 Å². The fourth-order valence-electron chi connectivity index (χ4n) is 8.32. The van der Waals surface area contributed by atoms with E-state index in [1.165, 1.54) is 82.9 Å². The molecule has 3 N–H and O–H groups in total. The zero-order valence-corrected chi connectivity index (χ0v) is 40.7. The molecule has 0 bridgehead atoms. The van der Waals surface area contributed by atoms with Crippen molar-refractivity contribution in [3.05, 3.63) is 121 Å². The van der Waals surface area contributed by atoms with Crippen molar-refractivity contribution >= 4 is 56.6 Å². The highest BCUT2D eigenvalue weighted by atomic mass is 19.4. The summed E-state index contributed by atoms with van der Waals surface area (Å²) < 4.78 is 147. The third-order valence-corrected chi connectivity index (χ3v) is 12.1. The first kappa shape index (κ1) is 53.3. The average Bonchev–Trinajstić information content (AvgIpc) is 4.18. The van der Waals surface area contributed by atoms with Gasteiger partial charge in [0.1, 0.15) is 22.9 Å². The summed E-state index contributed by atoms with van der Waals surface area (Å²) in [6.07, 6.45) is -10.3. The molecular formula is C48H38F9N15O6.